The van der Waals surface area contributed by atoms with Gasteiger partial charge in [0.05, 0.1) is 29.2 Å². The van der Waals surface area contributed by atoms with Gasteiger partial charge in [0, 0.05) is 23.9 Å². The molecule has 1 saturated heterocycles. The lowest BCUT2D eigenvalue weighted by Crippen LogP contribution is -2.39. The first-order chi connectivity index (χ1) is 15.6. The summed E-state index contributed by atoms with van der Waals surface area (Å²) in [5, 5.41) is 4.55. The average molecular weight is 472 g/mol. The second-order valence-electron chi connectivity index (χ2n) is 8.66. The molecule has 2 aromatic heterocycles. The van der Waals surface area contributed by atoms with E-state index in [-0.39, 0.29) is 23.2 Å². The highest BCUT2D eigenvalue weighted by Gasteiger charge is 2.32. The third-order valence-electron chi connectivity index (χ3n) is 6.24. The highest BCUT2D eigenvalue weighted by Crippen LogP contribution is 2.33. The Morgan fingerprint density at radius 2 is 2.00 bits per heavy atom. The van der Waals surface area contributed by atoms with E-state index in [2.05, 4.69) is 14.8 Å². The minimum atomic E-state index is -3.55. The minimum Gasteiger partial charge on any atom is -0.343 e. The van der Waals surface area contributed by atoms with Crippen molar-refractivity contribution in [3.8, 4) is 0 Å². The van der Waals surface area contributed by atoms with Gasteiger partial charge in [0.1, 0.15) is 5.65 Å². The van der Waals surface area contributed by atoms with Gasteiger partial charge in [0.15, 0.2) is 0 Å². The normalized spacial score (nSPS) is 16.8. The summed E-state index contributed by atoms with van der Waals surface area (Å²) in [4.78, 5) is 31.4. The zero-order valence-electron chi connectivity index (χ0n) is 19.3. The fourth-order valence-corrected chi connectivity index (χ4v) is 4.90. The number of amides is 1. The first-order valence-corrected chi connectivity index (χ1v) is 13.0. The van der Waals surface area contributed by atoms with E-state index in [1.807, 2.05) is 26.0 Å². The highest BCUT2D eigenvalue weighted by atomic mass is 32.2. The van der Waals surface area contributed by atoms with Gasteiger partial charge in [-0.05, 0) is 57.2 Å². The lowest BCUT2D eigenvalue weighted by atomic mass is 9.97. The fourth-order valence-electron chi connectivity index (χ4n) is 4.33. The molecule has 1 aromatic carbocycles. The van der Waals surface area contributed by atoms with Gasteiger partial charge < -0.3 is 9.88 Å². The number of hydrogen-bond donors (Lipinski definition) is 2. The Morgan fingerprint density at radius 3 is 2.70 bits per heavy atom. The van der Waals surface area contributed by atoms with Gasteiger partial charge >= 0.3 is 0 Å². The summed E-state index contributed by atoms with van der Waals surface area (Å²) < 4.78 is 27.6. The van der Waals surface area contributed by atoms with Crippen molar-refractivity contribution in [2.75, 3.05) is 17.5 Å². The van der Waals surface area contributed by atoms with Gasteiger partial charge in [-0.25, -0.2) is 8.42 Å². The second-order valence-corrected chi connectivity index (χ2v) is 10.4. The van der Waals surface area contributed by atoms with Crippen molar-refractivity contribution in [2.24, 2.45) is 0 Å². The van der Waals surface area contributed by atoms with Gasteiger partial charge in [-0.2, -0.15) is 9.61 Å². The molecule has 0 spiro atoms. The van der Waals surface area contributed by atoms with Crippen molar-refractivity contribution in [3.05, 3.63) is 62.7 Å². The molecule has 176 valence electrons. The molecular weight excluding hydrogens is 442 g/mol. The number of anilines is 1. The van der Waals surface area contributed by atoms with Gasteiger partial charge in [0.25, 0.3) is 11.5 Å². The molecule has 1 fully saturated rings. The maximum atomic E-state index is 13.7. The molecule has 2 N–H and O–H groups in total. The summed E-state index contributed by atoms with van der Waals surface area (Å²) in [5.41, 5.74) is 3.95. The SMILES string of the molecule is CCc1ccc(NS(C)(=O)=O)c(C(=O)N2CCCC[C@H]2c2cc3[nH]c(C)c(C)c(=O)n3n2)c1. The quantitative estimate of drug-likeness (QED) is 0.593. The van der Waals surface area contributed by atoms with E-state index in [9.17, 15) is 18.0 Å². The Kier molecular flexibility index (Phi) is 6.04. The Morgan fingerprint density at radius 1 is 1.24 bits per heavy atom. The molecule has 1 atom stereocenters. The fraction of sp³-hybridized carbons (Fsp3) is 0.435. The molecule has 1 amide bonds. The van der Waals surface area contributed by atoms with Crippen LogP contribution < -0.4 is 10.3 Å². The van der Waals surface area contributed by atoms with E-state index in [0.29, 0.717) is 35.4 Å². The minimum absolute atomic E-state index is 0.184. The van der Waals surface area contributed by atoms with Crippen LogP contribution >= 0.6 is 0 Å². The van der Waals surface area contributed by atoms with E-state index in [1.54, 1.807) is 24.0 Å². The van der Waals surface area contributed by atoms with Crippen LogP contribution in [0.4, 0.5) is 5.69 Å². The van der Waals surface area contributed by atoms with Crippen LogP contribution in [-0.2, 0) is 16.4 Å². The van der Waals surface area contributed by atoms with Crippen molar-refractivity contribution in [2.45, 2.75) is 52.5 Å². The van der Waals surface area contributed by atoms with Crippen LogP contribution in [0.3, 0.4) is 0 Å². The number of fused-ring (bicyclic) bond motifs is 1. The van der Waals surface area contributed by atoms with E-state index in [0.717, 1.165) is 36.8 Å². The second kappa shape index (κ2) is 8.66. The number of benzene rings is 1. The Bertz CT molecular complexity index is 1390. The first kappa shape index (κ1) is 23.0. The number of carbonyl (C=O) groups is 1. The summed E-state index contributed by atoms with van der Waals surface area (Å²) >= 11 is 0. The Labute approximate surface area is 192 Å². The van der Waals surface area contributed by atoms with Crippen LogP contribution in [0.2, 0.25) is 0 Å². The van der Waals surface area contributed by atoms with Crippen LogP contribution in [0.25, 0.3) is 5.65 Å². The summed E-state index contributed by atoms with van der Waals surface area (Å²) in [6, 6.07) is 6.72. The molecule has 3 heterocycles. The number of sulfonamides is 1. The summed E-state index contributed by atoms with van der Waals surface area (Å²) in [6.45, 7) is 6.10. The predicted octanol–water partition coefficient (Wildman–Crippen LogP) is 2.94. The van der Waals surface area contributed by atoms with Crippen molar-refractivity contribution >= 4 is 27.3 Å². The number of aromatic amines is 1. The molecule has 10 heteroatoms. The third-order valence-corrected chi connectivity index (χ3v) is 6.83. The highest BCUT2D eigenvalue weighted by molar-refractivity contribution is 7.92. The number of likely N-dealkylation sites (tertiary alicyclic amines) is 1. The summed E-state index contributed by atoms with van der Waals surface area (Å²) in [5.74, 6) is -0.253. The zero-order valence-corrected chi connectivity index (χ0v) is 20.1. The maximum Gasteiger partial charge on any atom is 0.277 e. The number of hydrogen-bond acceptors (Lipinski definition) is 5. The molecule has 0 aliphatic carbocycles. The number of rotatable bonds is 5. The van der Waals surface area contributed by atoms with Crippen LogP contribution in [0.15, 0.2) is 29.1 Å². The van der Waals surface area contributed by atoms with E-state index in [4.69, 9.17) is 0 Å². The van der Waals surface area contributed by atoms with Crippen LogP contribution in [0, 0.1) is 13.8 Å². The number of aryl methyl sites for hydroxylation is 2. The molecule has 9 nitrogen and oxygen atoms in total. The van der Waals surface area contributed by atoms with E-state index < -0.39 is 10.0 Å². The van der Waals surface area contributed by atoms with Gasteiger partial charge in [-0.15, -0.1) is 0 Å². The number of carbonyl (C=O) groups excluding carboxylic acids is 1. The third kappa shape index (κ3) is 4.52. The summed E-state index contributed by atoms with van der Waals surface area (Å²) in [7, 11) is -3.55. The van der Waals surface area contributed by atoms with Gasteiger partial charge in [-0.1, -0.05) is 13.0 Å². The summed E-state index contributed by atoms with van der Waals surface area (Å²) in [6.07, 6.45) is 4.27. The number of nitrogens with one attached hydrogen (secondary N) is 2. The number of H-pyrrole nitrogens is 1. The largest absolute Gasteiger partial charge is 0.343 e. The van der Waals surface area contributed by atoms with Crippen molar-refractivity contribution in [3.63, 3.8) is 0 Å². The first-order valence-electron chi connectivity index (χ1n) is 11.1. The number of nitrogens with zero attached hydrogens (tertiary/aromatic N) is 3. The molecular formula is C23H29N5O4S. The molecule has 1 aliphatic heterocycles. The molecule has 33 heavy (non-hydrogen) atoms. The monoisotopic (exact) mass is 471 g/mol. The topological polar surface area (TPSA) is 117 Å². The lowest BCUT2D eigenvalue weighted by Gasteiger charge is -2.35. The Balaban J connectivity index is 1.77. The molecule has 0 unspecified atom stereocenters. The molecule has 0 radical (unpaired) electrons. The van der Waals surface area contributed by atoms with Crippen molar-refractivity contribution in [1.29, 1.82) is 0 Å². The number of piperidine rings is 1. The Hall–Kier alpha value is -3.14. The van der Waals surface area contributed by atoms with Crippen molar-refractivity contribution in [1.82, 2.24) is 19.5 Å². The smallest absolute Gasteiger partial charge is 0.277 e. The molecule has 0 saturated carbocycles. The van der Waals surface area contributed by atoms with E-state index in [1.165, 1.54) is 4.52 Å². The maximum absolute atomic E-state index is 13.7. The molecule has 3 aromatic rings. The zero-order chi connectivity index (χ0) is 23.9. The molecule has 1 aliphatic rings. The standard InChI is InChI=1S/C23H29N5O4S/c1-5-16-9-10-18(26-33(4,31)32)17(12-16)23(30)27-11-7-6-8-20(27)19-13-21-24-15(3)14(2)22(29)28(21)25-19/h9-10,12-13,20,24,26H,5-8,11H2,1-4H3/t20-/m0/s1. The molecule has 4 rings (SSSR count). The predicted molar refractivity (Wildman–Crippen MR) is 127 cm³/mol. The number of aromatic nitrogens is 3. The van der Waals surface area contributed by atoms with Gasteiger partial charge in [-0.3, -0.25) is 14.3 Å². The van der Waals surface area contributed by atoms with Crippen LogP contribution in [0.1, 0.15) is 65.1 Å². The van der Waals surface area contributed by atoms with Crippen LogP contribution in [-0.4, -0.2) is 46.6 Å². The molecule has 0 bridgehead atoms. The van der Waals surface area contributed by atoms with Gasteiger partial charge in [0.2, 0.25) is 10.0 Å². The van der Waals surface area contributed by atoms with Crippen LogP contribution in [0.5, 0.6) is 0 Å². The average Bonchev–Trinajstić information content (AvgIpc) is 3.20. The lowest BCUT2D eigenvalue weighted by molar-refractivity contribution is 0.0606. The van der Waals surface area contributed by atoms with Crippen molar-refractivity contribution < 1.29 is 13.2 Å². The van der Waals surface area contributed by atoms with E-state index >= 15 is 0 Å².